The highest BCUT2D eigenvalue weighted by Crippen LogP contribution is 2.18. The fourth-order valence-corrected chi connectivity index (χ4v) is 1.81. The molecule has 0 aliphatic carbocycles. The molecule has 0 spiro atoms. The van der Waals surface area contributed by atoms with Gasteiger partial charge in [-0.25, -0.2) is 0 Å². The van der Waals surface area contributed by atoms with Gasteiger partial charge < -0.3 is 9.84 Å². The van der Waals surface area contributed by atoms with E-state index in [4.69, 9.17) is 15.1 Å². The van der Waals surface area contributed by atoms with Crippen molar-refractivity contribution >= 4 is 0 Å². The minimum atomic E-state index is 0.0702. The summed E-state index contributed by atoms with van der Waals surface area (Å²) < 4.78 is 5.68. The average Bonchev–Trinajstić information content (AvgIpc) is 2.54. The molecule has 0 saturated heterocycles. The highest BCUT2D eigenvalue weighted by molar-refractivity contribution is 5.43. The van der Waals surface area contributed by atoms with Crippen LogP contribution in [0.25, 0.3) is 0 Å². The fourth-order valence-electron chi connectivity index (χ4n) is 1.81. The maximum absolute atomic E-state index is 9.01. The molecule has 3 nitrogen and oxygen atoms in total. The Morgan fingerprint density at radius 1 is 1.10 bits per heavy atom. The van der Waals surface area contributed by atoms with Crippen molar-refractivity contribution in [1.29, 1.82) is 5.26 Å². The SMILES string of the molecule is N#Cc1ccccc1OCc1cccc(C#CCCO)c1. The molecule has 3 heteroatoms. The maximum Gasteiger partial charge on any atom is 0.137 e. The number of nitrogens with zero attached hydrogens (tertiary/aromatic N) is 1. The smallest absolute Gasteiger partial charge is 0.137 e. The van der Waals surface area contributed by atoms with Gasteiger partial charge in [0.25, 0.3) is 0 Å². The normalized spacial score (nSPS) is 9.33. The van der Waals surface area contributed by atoms with Gasteiger partial charge in [-0.3, -0.25) is 0 Å². The van der Waals surface area contributed by atoms with Crippen LogP contribution in [0.2, 0.25) is 0 Å². The molecule has 0 amide bonds. The monoisotopic (exact) mass is 277 g/mol. The van der Waals surface area contributed by atoms with Crippen molar-refractivity contribution in [3.8, 4) is 23.7 Å². The number of para-hydroxylation sites is 1. The lowest BCUT2D eigenvalue weighted by Gasteiger charge is -2.07. The standard InChI is InChI=1S/C18H15NO2/c19-13-17-9-1-2-10-18(17)21-14-16-8-5-7-15(12-16)6-3-4-11-20/h1-2,5,7-10,12,20H,4,11,14H2. The van der Waals surface area contributed by atoms with Crippen molar-refractivity contribution in [2.45, 2.75) is 13.0 Å². The number of hydrogen-bond donors (Lipinski definition) is 1. The first kappa shape index (κ1) is 14.7. The lowest BCUT2D eigenvalue weighted by molar-refractivity contribution is 0.305. The van der Waals surface area contributed by atoms with E-state index >= 15 is 0 Å². The number of aliphatic hydroxyl groups is 1. The molecular formula is C18H15NO2. The molecular weight excluding hydrogens is 262 g/mol. The Morgan fingerprint density at radius 2 is 1.95 bits per heavy atom. The number of hydrogen-bond acceptors (Lipinski definition) is 3. The average molecular weight is 277 g/mol. The van der Waals surface area contributed by atoms with Crippen molar-refractivity contribution in [3.05, 3.63) is 65.2 Å². The van der Waals surface area contributed by atoms with Crippen LogP contribution in [0.4, 0.5) is 0 Å². The quantitative estimate of drug-likeness (QED) is 0.874. The fraction of sp³-hybridized carbons (Fsp3) is 0.167. The van der Waals surface area contributed by atoms with Gasteiger partial charge >= 0.3 is 0 Å². The minimum absolute atomic E-state index is 0.0702. The predicted molar refractivity (Wildman–Crippen MR) is 80.5 cm³/mol. The molecule has 0 aliphatic rings. The number of aliphatic hydroxyl groups excluding tert-OH is 1. The zero-order valence-corrected chi connectivity index (χ0v) is 11.5. The molecule has 0 atom stereocenters. The minimum Gasteiger partial charge on any atom is -0.488 e. The van der Waals surface area contributed by atoms with E-state index in [-0.39, 0.29) is 6.61 Å². The van der Waals surface area contributed by atoms with Crippen LogP contribution in [-0.2, 0) is 6.61 Å². The van der Waals surface area contributed by atoms with Crippen LogP contribution in [0, 0.1) is 23.2 Å². The summed E-state index contributed by atoms with van der Waals surface area (Å²) in [5.41, 5.74) is 2.40. The molecule has 0 aliphatic heterocycles. The summed E-state index contributed by atoms with van der Waals surface area (Å²) in [6, 6.07) is 17.0. The summed E-state index contributed by atoms with van der Waals surface area (Å²) in [5.74, 6) is 6.46. The van der Waals surface area contributed by atoms with E-state index in [1.807, 2.05) is 36.4 Å². The number of benzene rings is 2. The number of nitriles is 1. The summed E-state index contributed by atoms with van der Waals surface area (Å²) in [7, 11) is 0. The lowest BCUT2D eigenvalue weighted by Crippen LogP contribution is -1.97. The molecule has 0 heterocycles. The van der Waals surface area contributed by atoms with Gasteiger partial charge in [0, 0.05) is 12.0 Å². The van der Waals surface area contributed by atoms with Crippen LogP contribution in [0.5, 0.6) is 5.75 Å². The second kappa shape index (κ2) is 7.75. The van der Waals surface area contributed by atoms with Crippen LogP contribution in [0.15, 0.2) is 48.5 Å². The molecule has 2 aromatic rings. The van der Waals surface area contributed by atoms with Gasteiger partial charge in [0.15, 0.2) is 0 Å². The second-order valence-electron chi connectivity index (χ2n) is 4.37. The van der Waals surface area contributed by atoms with E-state index in [1.165, 1.54) is 0 Å². The third-order valence-corrected chi connectivity index (χ3v) is 2.80. The molecule has 0 saturated carbocycles. The lowest BCUT2D eigenvalue weighted by atomic mass is 10.1. The number of rotatable bonds is 4. The second-order valence-corrected chi connectivity index (χ2v) is 4.37. The first-order valence-corrected chi connectivity index (χ1v) is 6.64. The van der Waals surface area contributed by atoms with Crippen molar-refractivity contribution in [3.63, 3.8) is 0 Å². The Kier molecular flexibility index (Phi) is 5.41. The topological polar surface area (TPSA) is 53.2 Å². The zero-order chi connectivity index (χ0) is 14.9. The van der Waals surface area contributed by atoms with E-state index in [0.29, 0.717) is 24.3 Å². The van der Waals surface area contributed by atoms with Crippen LogP contribution in [-0.4, -0.2) is 11.7 Å². The zero-order valence-electron chi connectivity index (χ0n) is 11.5. The predicted octanol–water partition coefficient (Wildman–Crippen LogP) is 2.87. The molecule has 21 heavy (non-hydrogen) atoms. The molecule has 104 valence electrons. The van der Waals surface area contributed by atoms with E-state index in [2.05, 4.69) is 17.9 Å². The van der Waals surface area contributed by atoms with Crippen molar-refractivity contribution < 1.29 is 9.84 Å². The Labute approximate surface area is 124 Å². The molecule has 2 rings (SSSR count). The third kappa shape index (κ3) is 4.38. The van der Waals surface area contributed by atoms with E-state index < -0.39 is 0 Å². The molecule has 0 bridgehead atoms. The number of ether oxygens (including phenoxy) is 1. The first-order chi connectivity index (χ1) is 10.3. The van der Waals surface area contributed by atoms with Gasteiger partial charge in [0.1, 0.15) is 18.4 Å². The summed E-state index contributed by atoms with van der Waals surface area (Å²) in [6.07, 6.45) is 0.469. The van der Waals surface area contributed by atoms with Gasteiger partial charge in [0.2, 0.25) is 0 Å². The van der Waals surface area contributed by atoms with Crippen molar-refractivity contribution in [1.82, 2.24) is 0 Å². The van der Waals surface area contributed by atoms with E-state index in [1.54, 1.807) is 12.1 Å². The summed E-state index contributed by atoms with van der Waals surface area (Å²) in [6.45, 7) is 0.453. The van der Waals surface area contributed by atoms with E-state index in [9.17, 15) is 0 Å². The molecule has 0 aromatic heterocycles. The van der Waals surface area contributed by atoms with Crippen molar-refractivity contribution in [2.75, 3.05) is 6.61 Å². The Bertz CT molecular complexity index is 705. The van der Waals surface area contributed by atoms with Gasteiger partial charge in [-0.15, -0.1) is 0 Å². The molecule has 0 fully saturated rings. The Balaban J connectivity index is 2.06. The largest absolute Gasteiger partial charge is 0.488 e. The Morgan fingerprint density at radius 3 is 2.76 bits per heavy atom. The highest BCUT2D eigenvalue weighted by Gasteiger charge is 2.02. The van der Waals surface area contributed by atoms with Gasteiger partial charge in [-0.2, -0.15) is 5.26 Å². The van der Waals surface area contributed by atoms with E-state index in [0.717, 1.165) is 11.1 Å². The van der Waals surface area contributed by atoms with Crippen LogP contribution in [0.3, 0.4) is 0 Å². The Hall–Kier alpha value is -2.75. The molecule has 0 unspecified atom stereocenters. The van der Waals surface area contributed by atoms with Crippen molar-refractivity contribution in [2.24, 2.45) is 0 Å². The van der Waals surface area contributed by atoms with Gasteiger partial charge in [-0.05, 0) is 29.8 Å². The van der Waals surface area contributed by atoms with Gasteiger partial charge in [-0.1, -0.05) is 36.1 Å². The third-order valence-electron chi connectivity index (χ3n) is 2.80. The molecule has 0 radical (unpaired) electrons. The summed E-state index contributed by atoms with van der Waals surface area (Å²) >= 11 is 0. The molecule has 1 N–H and O–H groups in total. The summed E-state index contributed by atoms with van der Waals surface area (Å²) in [4.78, 5) is 0. The van der Waals surface area contributed by atoms with Crippen LogP contribution >= 0.6 is 0 Å². The summed E-state index contributed by atoms with van der Waals surface area (Å²) in [5, 5.41) is 17.7. The van der Waals surface area contributed by atoms with Gasteiger partial charge in [0.05, 0.1) is 12.2 Å². The van der Waals surface area contributed by atoms with Crippen LogP contribution < -0.4 is 4.74 Å². The maximum atomic E-state index is 9.01. The van der Waals surface area contributed by atoms with Crippen LogP contribution in [0.1, 0.15) is 23.1 Å². The molecule has 2 aromatic carbocycles. The highest BCUT2D eigenvalue weighted by atomic mass is 16.5. The first-order valence-electron chi connectivity index (χ1n) is 6.64.